The Kier molecular flexibility index (Phi) is 4.65. The molecule has 1 N–H and O–H groups in total. The van der Waals surface area contributed by atoms with Crippen molar-refractivity contribution >= 4 is 17.5 Å². The van der Waals surface area contributed by atoms with E-state index < -0.39 is 6.10 Å². The Morgan fingerprint density at radius 3 is 2.93 bits per heavy atom. The number of aliphatic hydroxyl groups is 1. The second-order valence-corrected chi connectivity index (χ2v) is 3.68. The predicted molar refractivity (Wildman–Crippen MR) is 53.3 cm³/mol. The molecule has 1 rings (SSSR count). The summed E-state index contributed by atoms with van der Waals surface area (Å²) in [6.07, 6.45) is -0.471. The molecule has 0 saturated carbocycles. The van der Waals surface area contributed by atoms with Gasteiger partial charge in [-0.1, -0.05) is 0 Å². The van der Waals surface area contributed by atoms with E-state index in [2.05, 4.69) is 0 Å². The number of β-amino-alcohol motifs (C(OH)–C–C–N with tert-alkyl or cyclic N) is 1. The van der Waals surface area contributed by atoms with E-state index in [4.69, 9.17) is 16.3 Å². The van der Waals surface area contributed by atoms with Crippen LogP contribution in [0.4, 0.5) is 0 Å². The lowest BCUT2D eigenvalue weighted by molar-refractivity contribution is -0.130. The van der Waals surface area contributed by atoms with Crippen LogP contribution in [0.3, 0.4) is 0 Å². The van der Waals surface area contributed by atoms with Crippen LogP contribution in [-0.4, -0.2) is 53.7 Å². The number of nitrogens with zero attached hydrogens (tertiary/aromatic N) is 1. The van der Waals surface area contributed by atoms with Gasteiger partial charge in [0.05, 0.1) is 6.10 Å². The van der Waals surface area contributed by atoms with Gasteiger partial charge >= 0.3 is 0 Å². The van der Waals surface area contributed by atoms with Crippen molar-refractivity contribution in [3.05, 3.63) is 0 Å². The van der Waals surface area contributed by atoms with E-state index in [-0.39, 0.29) is 12.0 Å². The van der Waals surface area contributed by atoms with Gasteiger partial charge in [0, 0.05) is 32.0 Å². The van der Waals surface area contributed by atoms with Crippen LogP contribution in [0.15, 0.2) is 0 Å². The van der Waals surface area contributed by atoms with Crippen molar-refractivity contribution in [1.29, 1.82) is 0 Å². The number of amides is 1. The van der Waals surface area contributed by atoms with E-state index in [9.17, 15) is 9.90 Å². The van der Waals surface area contributed by atoms with Gasteiger partial charge in [-0.15, -0.1) is 11.6 Å². The van der Waals surface area contributed by atoms with Crippen LogP contribution < -0.4 is 0 Å². The number of carbonyl (C=O) groups excluding carboxylic acids is 1. The minimum Gasteiger partial charge on any atom is -0.388 e. The highest BCUT2D eigenvalue weighted by atomic mass is 35.5. The van der Waals surface area contributed by atoms with Gasteiger partial charge in [-0.3, -0.25) is 4.79 Å². The summed E-state index contributed by atoms with van der Waals surface area (Å²) in [6, 6.07) is 0. The number of rotatable bonds is 4. The first-order valence-corrected chi connectivity index (χ1v) is 5.36. The third-order valence-electron chi connectivity index (χ3n) is 2.28. The quantitative estimate of drug-likeness (QED) is 0.692. The molecule has 0 aromatic heterocycles. The van der Waals surface area contributed by atoms with Gasteiger partial charge in [0.25, 0.3) is 0 Å². The lowest BCUT2D eigenvalue weighted by atomic mass is 10.3. The average Bonchev–Trinajstić information content (AvgIpc) is 2.49. The van der Waals surface area contributed by atoms with Crippen LogP contribution in [0.2, 0.25) is 0 Å². The van der Waals surface area contributed by atoms with Gasteiger partial charge in [-0.05, 0) is 6.92 Å². The number of ether oxygens (including phenoxy) is 1. The Morgan fingerprint density at radius 1 is 1.64 bits per heavy atom. The van der Waals surface area contributed by atoms with Crippen molar-refractivity contribution in [1.82, 2.24) is 4.90 Å². The maximum absolute atomic E-state index is 11.4. The standard InChI is InChI=1S/C9H16ClNO3/c1-2-14-8-6-11(5-7(8)12)9(13)3-4-10/h7-8,12H,2-6H2,1H3/t7-,8-/m1/s1. The topological polar surface area (TPSA) is 49.8 Å². The molecular weight excluding hydrogens is 206 g/mol. The second-order valence-electron chi connectivity index (χ2n) is 3.30. The maximum atomic E-state index is 11.4. The highest BCUT2D eigenvalue weighted by molar-refractivity contribution is 6.18. The molecule has 0 aromatic carbocycles. The van der Waals surface area contributed by atoms with Crippen molar-refractivity contribution < 1.29 is 14.6 Å². The summed E-state index contributed by atoms with van der Waals surface area (Å²) in [5.41, 5.74) is 0. The van der Waals surface area contributed by atoms with Crippen LogP contribution in [0.1, 0.15) is 13.3 Å². The van der Waals surface area contributed by atoms with Crippen molar-refractivity contribution in [3.63, 3.8) is 0 Å². The maximum Gasteiger partial charge on any atom is 0.223 e. The Hall–Kier alpha value is -0.320. The number of likely N-dealkylation sites (tertiary alicyclic amines) is 1. The van der Waals surface area contributed by atoms with E-state index in [1.165, 1.54) is 0 Å². The summed E-state index contributed by atoms with van der Waals surface area (Å²) >= 11 is 5.47. The van der Waals surface area contributed by atoms with Crippen molar-refractivity contribution in [2.24, 2.45) is 0 Å². The minimum absolute atomic E-state index is 0.0127. The molecule has 0 radical (unpaired) electrons. The highest BCUT2D eigenvalue weighted by Gasteiger charge is 2.33. The first-order valence-electron chi connectivity index (χ1n) is 4.82. The number of alkyl halides is 1. The van der Waals surface area contributed by atoms with Gasteiger partial charge < -0.3 is 14.7 Å². The molecule has 0 unspecified atom stereocenters. The Morgan fingerprint density at radius 2 is 2.36 bits per heavy atom. The summed E-state index contributed by atoms with van der Waals surface area (Å²) < 4.78 is 5.30. The second kappa shape index (κ2) is 5.53. The van der Waals surface area contributed by atoms with E-state index >= 15 is 0 Å². The van der Waals surface area contributed by atoms with Crippen molar-refractivity contribution in [2.75, 3.05) is 25.6 Å². The molecule has 2 atom stereocenters. The number of aliphatic hydroxyl groups excluding tert-OH is 1. The van der Waals surface area contributed by atoms with E-state index in [0.717, 1.165) is 0 Å². The minimum atomic E-state index is -0.561. The number of halogens is 1. The smallest absolute Gasteiger partial charge is 0.223 e. The fourth-order valence-corrected chi connectivity index (χ4v) is 1.74. The molecule has 0 aliphatic carbocycles. The molecule has 1 amide bonds. The Balaban J connectivity index is 2.41. The van der Waals surface area contributed by atoms with E-state index in [1.807, 2.05) is 6.92 Å². The number of hydrogen-bond donors (Lipinski definition) is 1. The molecule has 1 heterocycles. The zero-order valence-corrected chi connectivity index (χ0v) is 9.04. The molecule has 0 bridgehead atoms. The predicted octanol–water partition coefficient (Wildman–Crippen LogP) is 0.223. The van der Waals surface area contributed by atoms with E-state index in [0.29, 0.717) is 32.0 Å². The molecule has 0 spiro atoms. The fourth-order valence-electron chi connectivity index (χ4n) is 1.58. The van der Waals surface area contributed by atoms with Gasteiger partial charge in [0.2, 0.25) is 5.91 Å². The van der Waals surface area contributed by atoms with Crippen LogP contribution in [0.5, 0.6) is 0 Å². The first kappa shape index (κ1) is 11.8. The fraction of sp³-hybridized carbons (Fsp3) is 0.889. The summed E-state index contributed by atoms with van der Waals surface area (Å²) in [5, 5.41) is 9.56. The number of carbonyl (C=O) groups is 1. The Bertz CT molecular complexity index is 200. The lowest BCUT2D eigenvalue weighted by Crippen LogP contribution is -2.30. The Labute approximate surface area is 88.8 Å². The van der Waals surface area contributed by atoms with Crippen LogP contribution in [0.25, 0.3) is 0 Å². The largest absolute Gasteiger partial charge is 0.388 e. The highest BCUT2D eigenvalue weighted by Crippen LogP contribution is 2.14. The first-order chi connectivity index (χ1) is 6.69. The zero-order chi connectivity index (χ0) is 10.6. The van der Waals surface area contributed by atoms with Crippen molar-refractivity contribution in [3.8, 4) is 0 Å². The number of hydrogen-bond acceptors (Lipinski definition) is 3. The zero-order valence-electron chi connectivity index (χ0n) is 8.28. The molecule has 1 saturated heterocycles. The third-order valence-corrected chi connectivity index (χ3v) is 2.47. The normalized spacial score (nSPS) is 26.9. The molecule has 0 aromatic rings. The monoisotopic (exact) mass is 221 g/mol. The summed E-state index contributed by atoms with van der Waals surface area (Å²) in [5.74, 6) is 0.311. The summed E-state index contributed by atoms with van der Waals surface area (Å²) in [7, 11) is 0. The lowest BCUT2D eigenvalue weighted by Gasteiger charge is -2.15. The van der Waals surface area contributed by atoms with Gasteiger partial charge in [-0.2, -0.15) is 0 Å². The molecule has 4 nitrogen and oxygen atoms in total. The SMILES string of the molecule is CCO[C@@H]1CN(C(=O)CCCl)C[C@H]1O. The third kappa shape index (κ3) is 2.83. The molecule has 5 heteroatoms. The molecule has 1 fully saturated rings. The van der Waals surface area contributed by atoms with Crippen LogP contribution >= 0.6 is 11.6 Å². The molecule has 14 heavy (non-hydrogen) atoms. The molecule has 82 valence electrons. The average molecular weight is 222 g/mol. The molecule has 1 aliphatic heterocycles. The van der Waals surface area contributed by atoms with Gasteiger partial charge in [0.1, 0.15) is 6.10 Å². The molecular formula is C9H16ClNO3. The summed E-state index contributed by atoms with van der Waals surface area (Å²) in [4.78, 5) is 13.0. The van der Waals surface area contributed by atoms with Crippen LogP contribution in [0, 0.1) is 0 Å². The van der Waals surface area contributed by atoms with Crippen molar-refractivity contribution in [2.45, 2.75) is 25.6 Å². The summed E-state index contributed by atoms with van der Waals surface area (Å²) in [6.45, 7) is 3.26. The van der Waals surface area contributed by atoms with E-state index in [1.54, 1.807) is 4.90 Å². The van der Waals surface area contributed by atoms with Gasteiger partial charge in [0.15, 0.2) is 0 Å². The molecule has 1 aliphatic rings. The van der Waals surface area contributed by atoms with Crippen LogP contribution in [-0.2, 0) is 9.53 Å². The van der Waals surface area contributed by atoms with Gasteiger partial charge in [-0.25, -0.2) is 0 Å².